The van der Waals surface area contributed by atoms with Gasteiger partial charge >= 0.3 is 5.97 Å². The highest BCUT2D eigenvalue weighted by Crippen LogP contribution is 2.23. The quantitative estimate of drug-likeness (QED) is 0.596. The van der Waals surface area contributed by atoms with Crippen molar-refractivity contribution in [3.63, 3.8) is 0 Å². The van der Waals surface area contributed by atoms with Gasteiger partial charge in [0.1, 0.15) is 0 Å². The maximum absolute atomic E-state index is 12.3. The number of carbonyl (C=O) groups is 2. The zero-order chi connectivity index (χ0) is 21.5. The van der Waals surface area contributed by atoms with Gasteiger partial charge in [-0.05, 0) is 24.6 Å². The molecule has 1 aromatic carbocycles. The summed E-state index contributed by atoms with van der Waals surface area (Å²) in [5.74, 6) is -0.431. The van der Waals surface area contributed by atoms with E-state index in [4.69, 9.17) is 27.9 Å². The second kappa shape index (κ2) is 11.1. The average molecular weight is 471 g/mol. The van der Waals surface area contributed by atoms with Gasteiger partial charge in [0, 0.05) is 48.1 Å². The molecule has 0 bridgehead atoms. The third-order valence-corrected chi connectivity index (χ3v) is 6.06. The number of rotatable bonds is 8. The minimum absolute atomic E-state index is 0.110. The number of ether oxygens (including phenoxy) is 1. The van der Waals surface area contributed by atoms with Gasteiger partial charge in [0.15, 0.2) is 5.13 Å². The molecule has 1 N–H and O–H groups in total. The van der Waals surface area contributed by atoms with Crippen molar-refractivity contribution in [3.05, 3.63) is 44.9 Å². The lowest BCUT2D eigenvalue weighted by molar-refractivity contribution is -0.142. The molecule has 1 aliphatic rings. The number of halogens is 2. The van der Waals surface area contributed by atoms with Crippen molar-refractivity contribution in [2.24, 2.45) is 0 Å². The molecule has 1 saturated heterocycles. The Labute approximate surface area is 189 Å². The molecule has 1 aromatic heterocycles. The fourth-order valence-corrected chi connectivity index (χ4v) is 4.36. The number of hydrogen-bond acceptors (Lipinski definition) is 7. The summed E-state index contributed by atoms with van der Waals surface area (Å²) < 4.78 is 4.91. The molecule has 1 aliphatic heterocycles. The van der Waals surface area contributed by atoms with E-state index < -0.39 is 0 Å². The Morgan fingerprint density at radius 1 is 1.20 bits per heavy atom. The Balaban J connectivity index is 1.41. The molecule has 0 atom stereocenters. The maximum atomic E-state index is 12.3. The number of benzene rings is 1. The summed E-state index contributed by atoms with van der Waals surface area (Å²) >= 11 is 13.5. The van der Waals surface area contributed by atoms with Gasteiger partial charge in [-0.25, -0.2) is 4.98 Å². The molecule has 1 fully saturated rings. The van der Waals surface area contributed by atoms with Crippen LogP contribution < -0.4 is 5.32 Å². The highest BCUT2D eigenvalue weighted by atomic mass is 35.5. The summed E-state index contributed by atoms with van der Waals surface area (Å²) in [5, 5.41) is 6.37. The zero-order valence-corrected chi connectivity index (χ0v) is 19.0. The Morgan fingerprint density at radius 3 is 2.63 bits per heavy atom. The third kappa shape index (κ3) is 6.92. The van der Waals surface area contributed by atoms with Crippen molar-refractivity contribution in [1.29, 1.82) is 0 Å². The number of aromatic nitrogens is 1. The number of thiazole rings is 1. The molecule has 10 heteroatoms. The summed E-state index contributed by atoms with van der Waals surface area (Å²) in [4.78, 5) is 32.6. The lowest BCUT2D eigenvalue weighted by atomic mass is 10.2. The minimum Gasteiger partial charge on any atom is -0.466 e. The van der Waals surface area contributed by atoms with Crippen molar-refractivity contribution < 1.29 is 14.3 Å². The predicted molar refractivity (Wildman–Crippen MR) is 119 cm³/mol. The van der Waals surface area contributed by atoms with Crippen molar-refractivity contribution >= 4 is 51.5 Å². The normalized spacial score (nSPS) is 15.2. The van der Waals surface area contributed by atoms with Crippen LogP contribution in [0.4, 0.5) is 5.13 Å². The topological polar surface area (TPSA) is 74.8 Å². The van der Waals surface area contributed by atoms with Crippen LogP contribution in [0.2, 0.25) is 10.0 Å². The molecule has 30 heavy (non-hydrogen) atoms. The zero-order valence-electron chi connectivity index (χ0n) is 16.7. The molecular formula is C20H24Cl2N4O3S. The molecule has 2 aromatic rings. The Bertz CT molecular complexity index is 885. The monoisotopic (exact) mass is 470 g/mol. The number of amides is 1. The fraction of sp³-hybridized carbons (Fsp3) is 0.450. The van der Waals surface area contributed by atoms with Gasteiger partial charge in [0.2, 0.25) is 5.91 Å². The van der Waals surface area contributed by atoms with Crippen LogP contribution in [-0.2, 0) is 27.3 Å². The highest BCUT2D eigenvalue weighted by molar-refractivity contribution is 7.13. The summed E-state index contributed by atoms with van der Waals surface area (Å²) in [6.07, 6.45) is 0.111. The van der Waals surface area contributed by atoms with E-state index in [0.29, 0.717) is 34.0 Å². The largest absolute Gasteiger partial charge is 0.466 e. The standard InChI is InChI=1S/C20H24Cl2N4O3S/c1-2-29-19(28)10-16-13-30-20(23-16)24-18(27)12-26-7-5-25(6-8-26)11-14-3-4-15(21)9-17(14)22/h3-4,9,13H,2,5-8,10-12H2,1H3,(H,23,24,27). The van der Waals surface area contributed by atoms with E-state index >= 15 is 0 Å². The first kappa shape index (κ1) is 23.0. The van der Waals surface area contributed by atoms with E-state index in [9.17, 15) is 9.59 Å². The number of esters is 1. The summed E-state index contributed by atoms with van der Waals surface area (Å²) in [5.41, 5.74) is 1.65. The first-order chi connectivity index (χ1) is 14.4. The van der Waals surface area contributed by atoms with Crippen LogP contribution in [0, 0.1) is 0 Å². The number of nitrogens with zero attached hydrogens (tertiary/aromatic N) is 3. The third-order valence-electron chi connectivity index (χ3n) is 4.67. The van der Waals surface area contributed by atoms with Crippen LogP contribution in [0.1, 0.15) is 18.2 Å². The highest BCUT2D eigenvalue weighted by Gasteiger charge is 2.20. The summed E-state index contributed by atoms with van der Waals surface area (Å²) in [7, 11) is 0. The minimum atomic E-state index is -0.321. The molecule has 0 aliphatic carbocycles. The Morgan fingerprint density at radius 2 is 1.93 bits per heavy atom. The van der Waals surface area contributed by atoms with Gasteiger partial charge in [-0.3, -0.25) is 19.4 Å². The van der Waals surface area contributed by atoms with Gasteiger partial charge in [-0.2, -0.15) is 0 Å². The molecule has 7 nitrogen and oxygen atoms in total. The fourth-order valence-electron chi connectivity index (χ4n) is 3.16. The van der Waals surface area contributed by atoms with Gasteiger partial charge < -0.3 is 10.1 Å². The van der Waals surface area contributed by atoms with Crippen LogP contribution in [0.25, 0.3) is 0 Å². The first-order valence-corrected chi connectivity index (χ1v) is 11.3. The predicted octanol–water partition coefficient (Wildman–Crippen LogP) is 3.31. The van der Waals surface area contributed by atoms with E-state index in [1.165, 1.54) is 11.3 Å². The van der Waals surface area contributed by atoms with E-state index in [1.807, 2.05) is 12.1 Å². The second-order valence-electron chi connectivity index (χ2n) is 6.96. The second-order valence-corrected chi connectivity index (χ2v) is 8.66. The molecular weight excluding hydrogens is 447 g/mol. The summed E-state index contributed by atoms with van der Waals surface area (Å²) in [6, 6.07) is 5.56. The molecule has 1 amide bonds. The molecule has 0 radical (unpaired) electrons. The molecule has 2 heterocycles. The number of carbonyl (C=O) groups excluding carboxylic acids is 2. The Hall–Kier alpha value is -1.71. The first-order valence-electron chi connectivity index (χ1n) is 9.71. The summed E-state index contributed by atoms with van der Waals surface area (Å²) in [6.45, 7) is 6.47. The molecule has 0 spiro atoms. The molecule has 3 rings (SSSR count). The van der Waals surface area contributed by atoms with Gasteiger partial charge in [0.25, 0.3) is 0 Å². The van der Waals surface area contributed by atoms with Gasteiger partial charge in [-0.1, -0.05) is 29.3 Å². The van der Waals surface area contributed by atoms with E-state index in [0.717, 1.165) is 38.3 Å². The van der Waals surface area contributed by atoms with Crippen LogP contribution in [0.15, 0.2) is 23.6 Å². The number of hydrogen-bond donors (Lipinski definition) is 1. The van der Waals surface area contributed by atoms with Crippen molar-refractivity contribution in [2.45, 2.75) is 19.9 Å². The van der Waals surface area contributed by atoms with Crippen LogP contribution >= 0.6 is 34.5 Å². The van der Waals surface area contributed by atoms with Gasteiger partial charge in [0.05, 0.1) is 25.3 Å². The van der Waals surface area contributed by atoms with E-state index in [-0.39, 0.29) is 18.3 Å². The van der Waals surface area contributed by atoms with Crippen molar-refractivity contribution in [1.82, 2.24) is 14.8 Å². The number of piperazine rings is 1. The number of anilines is 1. The number of nitrogens with one attached hydrogen (secondary N) is 1. The molecule has 0 saturated carbocycles. The smallest absolute Gasteiger partial charge is 0.311 e. The van der Waals surface area contributed by atoms with Crippen LogP contribution in [0.5, 0.6) is 0 Å². The van der Waals surface area contributed by atoms with E-state index in [1.54, 1.807) is 18.4 Å². The lowest BCUT2D eigenvalue weighted by Crippen LogP contribution is -2.48. The Kier molecular flexibility index (Phi) is 8.47. The van der Waals surface area contributed by atoms with Crippen LogP contribution in [-0.4, -0.2) is 66.0 Å². The maximum Gasteiger partial charge on any atom is 0.311 e. The van der Waals surface area contributed by atoms with Crippen molar-refractivity contribution in [3.8, 4) is 0 Å². The molecule has 162 valence electrons. The van der Waals surface area contributed by atoms with Gasteiger partial charge in [-0.15, -0.1) is 11.3 Å². The average Bonchev–Trinajstić information content (AvgIpc) is 3.12. The SMILES string of the molecule is CCOC(=O)Cc1csc(NC(=O)CN2CCN(Cc3ccc(Cl)cc3Cl)CC2)n1. The molecule has 0 unspecified atom stereocenters. The lowest BCUT2D eigenvalue weighted by Gasteiger charge is -2.34. The van der Waals surface area contributed by atoms with Crippen LogP contribution in [0.3, 0.4) is 0 Å². The van der Waals surface area contributed by atoms with E-state index in [2.05, 4.69) is 20.1 Å². The van der Waals surface area contributed by atoms with Crippen molar-refractivity contribution in [2.75, 3.05) is 44.6 Å².